The van der Waals surface area contributed by atoms with Gasteiger partial charge in [0.05, 0.1) is 23.8 Å². The van der Waals surface area contributed by atoms with Crippen molar-refractivity contribution in [2.45, 2.75) is 6.92 Å². The molecule has 0 aliphatic rings. The fourth-order valence-corrected chi connectivity index (χ4v) is 2.20. The van der Waals surface area contributed by atoms with E-state index in [-0.39, 0.29) is 16.9 Å². The van der Waals surface area contributed by atoms with E-state index in [9.17, 15) is 14.9 Å². The van der Waals surface area contributed by atoms with Crippen LogP contribution in [0.15, 0.2) is 42.9 Å². The Morgan fingerprint density at radius 3 is 3.04 bits per heavy atom. The molecule has 0 unspecified atom stereocenters. The van der Waals surface area contributed by atoms with Gasteiger partial charge in [0, 0.05) is 12.4 Å². The number of carbonyl (C=O) groups is 1. The number of nitro groups is 1. The number of rotatable bonds is 5. The number of anilines is 1. The molecule has 9 nitrogen and oxygen atoms in total. The molecule has 0 spiro atoms. The number of nitrogens with zero attached hydrogens (tertiary/aromatic N) is 4. The van der Waals surface area contributed by atoms with Gasteiger partial charge in [-0.2, -0.15) is 5.10 Å². The Morgan fingerprint density at radius 1 is 1.46 bits per heavy atom. The molecule has 1 aromatic carbocycles. The maximum atomic E-state index is 12.4. The molecule has 2 heterocycles. The van der Waals surface area contributed by atoms with Gasteiger partial charge in [0.2, 0.25) is 0 Å². The summed E-state index contributed by atoms with van der Waals surface area (Å²) in [6, 6.07) is 5.94. The normalized spacial score (nSPS) is 10.5. The third-order valence-electron chi connectivity index (χ3n) is 3.25. The Balaban J connectivity index is 1.92. The largest absolute Gasteiger partial charge is 0.494 e. The van der Waals surface area contributed by atoms with Crippen LogP contribution in [0.5, 0.6) is 5.75 Å². The lowest BCUT2D eigenvalue weighted by Gasteiger charge is -2.07. The minimum atomic E-state index is -0.577. The molecule has 24 heavy (non-hydrogen) atoms. The van der Waals surface area contributed by atoms with E-state index in [1.807, 2.05) is 0 Å². The summed E-state index contributed by atoms with van der Waals surface area (Å²) >= 11 is 0. The van der Waals surface area contributed by atoms with Gasteiger partial charge in [-0.25, -0.2) is 9.50 Å². The van der Waals surface area contributed by atoms with Crippen LogP contribution in [0, 0.1) is 10.1 Å². The number of amides is 1. The predicted molar refractivity (Wildman–Crippen MR) is 85.2 cm³/mol. The van der Waals surface area contributed by atoms with Crippen molar-refractivity contribution in [3.63, 3.8) is 0 Å². The summed E-state index contributed by atoms with van der Waals surface area (Å²) in [5.74, 6) is -0.171. The van der Waals surface area contributed by atoms with Crippen LogP contribution in [-0.4, -0.2) is 32.0 Å². The van der Waals surface area contributed by atoms with Gasteiger partial charge in [-0.3, -0.25) is 14.9 Å². The molecular weight excluding hydrogens is 314 g/mol. The Morgan fingerprint density at radius 2 is 2.29 bits per heavy atom. The van der Waals surface area contributed by atoms with Crippen molar-refractivity contribution >= 4 is 22.9 Å². The van der Waals surface area contributed by atoms with E-state index < -0.39 is 10.8 Å². The lowest BCUT2D eigenvalue weighted by atomic mass is 10.2. The first-order valence-corrected chi connectivity index (χ1v) is 7.11. The Bertz CT molecular complexity index is 921. The van der Waals surface area contributed by atoms with Crippen molar-refractivity contribution in [2.75, 3.05) is 11.9 Å². The van der Waals surface area contributed by atoms with E-state index in [4.69, 9.17) is 4.74 Å². The third kappa shape index (κ3) is 2.86. The molecule has 2 aromatic heterocycles. The molecule has 1 amide bonds. The van der Waals surface area contributed by atoms with Gasteiger partial charge in [-0.1, -0.05) is 0 Å². The number of aromatic nitrogens is 3. The van der Waals surface area contributed by atoms with E-state index in [0.29, 0.717) is 18.0 Å². The number of nitrogens with one attached hydrogen (secondary N) is 1. The Hall–Kier alpha value is -3.49. The van der Waals surface area contributed by atoms with Crippen LogP contribution in [0.4, 0.5) is 11.4 Å². The van der Waals surface area contributed by atoms with Crippen molar-refractivity contribution in [1.82, 2.24) is 14.6 Å². The fraction of sp³-hybridized carbons (Fsp3) is 0.133. The van der Waals surface area contributed by atoms with E-state index in [1.54, 1.807) is 25.3 Å². The second kappa shape index (κ2) is 6.32. The predicted octanol–water partition coefficient (Wildman–Crippen LogP) is 2.29. The van der Waals surface area contributed by atoms with Crippen LogP contribution in [0.25, 0.3) is 5.65 Å². The molecule has 0 aliphatic heterocycles. The Labute approximate surface area is 136 Å². The number of hydrogen-bond donors (Lipinski definition) is 1. The highest BCUT2D eigenvalue weighted by atomic mass is 16.6. The average molecular weight is 327 g/mol. The van der Waals surface area contributed by atoms with Crippen molar-refractivity contribution in [2.24, 2.45) is 0 Å². The highest BCUT2D eigenvalue weighted by Crippen LogP contribution is 2.29. The number of fused-ring (bicyclic) bond motifs is 1. The summed E-state index contributed by atoms with van der Waals surface area (Å²) in [6.45, 7) is 2.16. The van der Waals surface area contributed by atoms with Gasteiger partial charge < -0.3 is 10.1 Å². The standard InChI is InChI=1S/C15H13N5O4/c1-2-24-10-4-5-12(13(8-10)20(22)23)18-15(21)11-9-17-19-7-3-6-16-14(11)19/h3-9H,2H2,1H3,(H,18,21). The molecule has 0 fully saturated rings. The van der Waals surface area contributed by atoms with Crippen molar-refractivity contribution in [3.05, 3.63) is 58.5 Å². The average Bonchev–Trinajstić information content (AvgIpc) is 3.00. The minimum absolute atomic E-state index is 0.0729. The summed E-state index contributed by atoms with van der Waals surface area (Å²) in [5.41, 5.74) is 0.407. The molecule has 9 heteroatoms. The van der Waals surface area contributed by atoms with Gasteiger partial charge in [0.1, 0.15) is 17.0 Å². The first-order chi connectivity index (χ1) is 11.6. The molecule has 3 aromatic rings. The van der Waals surface area contributed by atoms with Crippen LogP contribution in [-0.2, 0) is 0 Å². The zero-order valence-electron chi connectivity index (χ0n) is 12.7. The quantitative estimate of drug-likeness (QED) is 0.568. The van der Waals surface area contributed by atoms with E-state index in [1.165, 1.54) is 29.0 Å². The number of ether oxygens (including phenoxy) is 1. The third-order valence-corrected chi connectivity index (χ3v) is 3.25. The number of carbonyl (C=O) groups excluding carboxylic acids is 1. The van der Waals surface area contributed by atoms with Crippen LogP contribution in [0.2, 0.25) is 0 Å². The van der Waals surface area contributed by atoms with E-state index in [2.05, 4.69) is 15.4 Å². The van der Waals surface area contributed by atoms with Gasteiger partial charge in [0.25, 0.3) is 11.6 Å². The minimum Gasteiger partial charge on any atom is -0.494 e. The molecule has 0 atom stereocenters. The van der Waals surface area contributed by atoms with Crippen molar-refractivity contribution in [1.29, 1.82) is 0 Å². The molecule has 0 saturated carbocycles. The molecule has 0 saturated heterocycles. The molecule has 3 rings (SSSR count). The number of hydrogen-bond acceptors (Lipinski definition) is 6. The van der Waals surface area contributed by atoms with Crippen LogP contribution < -0.4 is 10.1 Å². The smallest absolute Gasteiger partial charge is 0.296 e. The summed E-state index contributed by atoms with van der Waals surface area (Å²) in [4.78, 5) is 27.2. The summed E-state index contributed by atoms with van der Waals surface area (Å²) < 4.78 is 6.69. The molecule has 0 aliphatic carbocycles. The molecular formula is C15H13N5O4. The van der Waals surface area contributed by atoms with Gasteiger partial charge in [-0.15, -0.1) is 0 Å². The summed E-state index contributed by atoms with van der Waals surface area (Å²) in [7, 11) is 0. The fourth-order valence-electron chi connectivity index (χ4n) is 2.20. The Kier molecular flexibility index (Phi) is 4.06. The molecule has 122 valence electrons. The molecule has 1 N–H and O–H groups in total. The highest BCUT2D eigenvalue weighted by Gasteiger charge is 2.20. The van der Waals surface area contributed by atoms with Crippen LogP contribution in [0.1, 0.15) is 17.3 Å². The zero-order chi connectivity index (χ0) is 17.1. The zero-order valence-corrected chi connectivity index (χ0v) is 12.7. The van der Waals surface area contributed by atoms with Crippen molar-refractivity contribution < 1.29 is 14.5 Å². The lowest BCUT2D eigenvalue weighted by molar-refractivity contribution is -0.384. The lowest BCUT2D eigenvalue weighted by Crippen LogP contribution is -2.13. The van der Waals surface area contributed by atoms with Crippen LogP contribution in [0.3, 0.4) is 0 Å². The van der Waals surface area contributed by atoms with Gasteiger partial charge in [0.15, 0.2) is 5.65 Å². The SMILES string of the molecule is CCOc1ccc(NC(=O)c2cnn3cccnc23)c([N+](=O)[O-])c1. The monoisotopic (exact) mass is 327 g/mol. The second-order valence-electron chi connectivity index (χ2n) is 4.77. The highest BCUT2D eigenvalue weighted by molar-refractivity contribution is 6.09. The second-order valence-corrected chi connectivity index (χ2v) is 4.77. The summed E-state index contributed by atoms with van der Waals surface area (Å²) in [6.07, 6.45) is 4.55. The van der Waals surface area contributed by atoms with Crippen molar-refractivity contribution in [3.8, 4) is 5.75 Å². The molecule has 0 bridgehead atoms. The van der Waals surface area contributed by atoms with Gasteiger partial charge in [-0.05, 0) is 25.1 Å². The first kappa shape index (κ1) is 15.4. The maximum absolute atomic E-state index is 12.4. The number of benzene rings is 1. The van der Waals surface area contributed by atoms with E-state index in [0.717, 1.165) is 0 Å². The van der Waals surface area contributed by atoms with Gasteiger partial charge >= 0.3 is 0 Å². The maximum Gasteiger partial charge on any atom is 0.296 e. The summed E-state index contributed by atoms with van der Waals surface area (Å²) in [5, 5.41) is 17.8. The first-order valence-electron chi connectivity index (χ1n) is 7.11. The van der Waals surface area contributed by atoms with Crippen LogP contribution >= 0.6 is 0 Å². The number of nitro benzene ring substituents is 1. The van der Waals surface area contributed by atoms with E-state index >= 15 is 0 Å². The topological polar surface area (TPSA) is 112 Å². The molecule has 0 radical (unpaired) electrons.